The van der Waals surface area contributed by atoms with E-state index < -0.39 is 6.17 Å². The number of halogens is 2. The highest BCUT2D eigenvalue weighted by Crippen LogP contribution is 2.16. The summed E-state index contributed by atoms with van der Waals surface area (Å²) in [4.78, 5) is 6.02. The van der Waals surface area contributed by atoms with Gasteiger partial charge in [0, 0.05) is 25.8 Å². The van der Waals surface area contributed by atoms with Crippen molar-refractivity contribution in [3.05, 3.63) is 29.8 Å². The van der Waals surface area contributed by atoms with Gasteiger partial charge in [-0.3, -0.25) is 9.88 Å². The van der Waals surface area contributed by atoms with Crippen LogP contribution in [0.25, 0.3) is 0 Å². The molecule has 82 valence electrons. The van der Waals surface area contributed by atoms with Gasteiger partial charge in [0.25, 0.3) is 0 Å². The molecular weight excluding hydrogens is 198 g/mol. The van der Waals surface area contributed by atoms with Crippen LogP contribution in [0, 0.1) is 5.82 Å². The molecule has 2 rings (SSSR count). The Hall–Kier alpha value is -1.03. The molecule has 0 atom stereocenters. The minimum absolute atomic E-state index is 0.278. The molecule has 15 heavy (non-hydrogen) atoms. The Bertz CT molecular complexity index is 322. The Morgan fingerprint density at radius 3 is 2.80 bits per heavy atom. The molecule has 2 nitrogen and oxygen atoms in total. The van der Waals surface area contributed by atoms with Gasteiger partial charge in [-0.1, -0.05) is 0 Å². The third-order valence-electron chi connectivity index (χ3n) is 2.73. The number of pyridine rings is 1. The van der Waals surface area contributed by atoms with Crippen molar-refractivity contribution in [3.63, 3.8) is 0 Å². The smallest absolute Gasteiger partial charge is 0.146 e. The van der Waals surface area contributed by atoms with E-state index in [0.717, 1.165) is 0 Å². The lowest BCUT2D eigenvalue weighted by Gasteiger charge is -2.28. The van der Waals surface area contributed by atoms with Gasteiger partial charge in [-0.25, -0.2) is 8.78 Å². The molecule has 0 N–H and O–H groups in total. The fourth-order valence-electron chi connectivity index (χ4n) is 1.81. The highest BCUT2D eigenvalue weighted by atomic mass is 19.1. The standard InChI is InChI=1S/C11H14F2N2/c12-9-3-6-15(7-4-9)8-11-10(13)2-1-5-14-11/h1-2,5,9H,3-4,6-8H2. The van der Waals surface area contributed by atoms with Crippen molar-refractivity contribution in [2.75, 3.05) is 13.1 Å². The lowest BCUT2D eigenvalue weighted by Crippen LogP contribution is -2.34. The average molecular weight is 212 g/mol. The molecule has 1 aromatic rings. The van der Waals surface area contributed by atoms with Gasteiger partial charge < -0.3 is 0 Å². The number of hydrogen-bond donors (Lipinski definition) is 0. The predicted octanol–water partition coefficient (Wildman–Crippen LogP) is 2.15. The number of hydrogen-bond acceptors (Lipinski definition) is 2. The maximum Gasteiger partial charge on any atom is 0.146 e. The van der Waals surface area contributed by atoms with E-state index in [4.69, 9.17) is 0 Å². The monoisotopic (exact) mass is 212 g/mol. The number of alkyl halides is 1. The summed E-state index contributed by atoms with van der Waals surface area (Å²) in [5.41, 5.74) is 0.454. The van der Waals surface area contributed by atoms with Crippen LogP contribution in [-0.2, 0) is 6.54 Å². The summed E-state index contributed by atoms with van der Waals surface area (Å²) in [5, 5.41) is 0. The molecule has 1 fully saturated rings. The summed E-state index contributed by atoms with van der Waals surface area (Å²) in [6.45, 7) is 1.87. The average Bonchev–Trinajstić information content (AvgIpc) is 2.25. The maximum atomic E-state index is 13.3. The highest BCUT2D eigenvalue weighted by Gasteiger charge is 2.19. The van der Waals surface area contributed by atoms with Crippen molar-refractivity contribution in [2.24, 2.45) is 0 Å². The van der Waals surface area contributed by atoms with Crippen molar-refractivity contribution in [1.82, 2.24) is 9.88 Å². The van der Waals surface area contributed by atoms with E-state index in [1.165, 1.54) is 6.07 Å². The topological polar surface area (TPSA) is 16.1 Å². The minimum Gasteiger partial charge on any atom is -0.297 e. The molecule has 0 bridgehead atoms. The van der Waals surface area contributed by atoms with Crippen LogP contribution in [0.3, 0.4) is 0 Å². The van der Waals surface area contributed by atoms with Crippen molar-refractivity contribution >= 4 is 0 Å². The van der Waals surface area contributed by atoms with Crippen LogP contribution in [0.4, 0.5) is 8.78 Å². The molecule has 0 radical (unpaired) electrons. The molecule has 1 saturated heterocycles. The lowest BCUT2D eigenvalue weighted by atomic mass is 10.1. The zero-order valence-electron chi connectivity index (χ0n) is 8.50. The number of nitrogens with zero attached hydrogens (tertiary/aromatic N) is 2. The Kier molecular flexibility index (Phi) is 3.26. The molecule has 0 unspecified atom stereocenters. The molecule has 0 aliphatic carbocycles. The van der Waals surface area contributed by atoms with Crippen LogP contribution in [0.15, 0.2) is 18.3 Å². The van der Waals surface area contributed by atoms with E-state index in [-0.39, 0.29) is 5.82 Å². The number of piperidine rings is 1. The van der Waals surface area contributed by atoms with Crippen LogP contribution in [0.1, 0.15) is 18.5 Å². The fourth-order valence-corrected chi connectivity index (χ4v) is 1.81. The number of likely N-dealkylation sites (tertiary alicyclic amines) is 1. The zero-order chi connectivity index (χ0) is 10.7. The number of aromatic nitrogens is 1. The highest BCUT2D eigenvalue weighted by molar-refractivity contribution is 5.06. The van der Waals surface area contributed by atoms with Gasteiger partial charge in [0.05, 0.1) is 5.69 Å². The molecule has 4 heteroatoms. The fraction of sp³-hybridized carbons (Fsp3) is 0.545. The van der Waals surface area contributed by atoms with E-state index in [1.54, 1.807) is 12.3 Å². The quantitative estimate of drug-likeness (QED) is 0.746. The van der Waals surface area contributed by atoms with Gasteiger partial charge in [0.1, 0.15) is 12.0 Å². The molecular formula is C11H14F2N2. The van der Waals surface area contributed by atoms with Gasteiger partial charge in [0.2, 0.25) is 0 Å². The second-order valence-electron chi connectivity index (χ2n) is 3.88. The summed E-state index contributed by atoms with van der Waals surface area (Å²) in [6, 6.07) is 2.98. The first-order valence-corrected chi connectivity index (χ1v) is 5.21. The second kappa shape index (κ2) is 4.66. The summed E-state index contributed by atoms with van der Waals surface area (Å²) < 4.78 is 26.1. The summed E-state index contributed by atoms with van der Waals surface area (Å²) >= 11 is 0. The second-order valence-corrected chi connectivity index (χ2v) is 3.88. The van der Waals surface area contributed by atoms with Gasteiger partial charge >= 0.3 is 0 Å². The minimum atomic E-state index is -0.685. The van der Waals surface area contributed by atoms with Gasteiger partial charge in [-0.05, 0) is 25.0 Å². The first kappa shape index (κ1) is 10.5. The largest absolute Gasteiger partial charge is 0.297 e. The molecule has 0 aromatic carbocycles. The van der Waals surface area contributed by atoms with Crippen LogP contribution in [-0.4, -0.2) is 29.1 Å². The van der Waals surface area contributed by atoms with E-state index in [0.29, 0.717) is 38.2 Å². The van der Waals surface area contributed by atoms with E-state index in [2.05, 4.69) is 4.98 Å². The Balaban J connectivity index is 1.95. The van der Waals surface area contributed by atoms with Crippen LogP contribution >= 0.6 is 0 Å². The van der Waals surface area contributed by atoms with Crippen molar-refractivity contribution < 1.29 is 8.78 Å². The Morgan fingerprint density at radius 1 is 1.40 bits per heavy atom. The van der Waals surface area contributed by atoms with Crippen molar-refractivity contribution in [1.29, 1.82) is 0 Å². The maximum absolute atomic E-state index is 13.3. The first-order valence-electron chi connectivity index (χ1n) is 5.21. The molecule has 2 heterocycles. The van der Waals surface area contributed by atoms with Crippen LogP contribution in [0.2, 0.25) is 0 Å². The summed E-state index contributed by atoms with van der Waals surface area (Å²) in [5.74, 6) is -0.278. The van der Waals surface area contributed by atoms with E-state index in [9.17, 15) is 8.78 Å². The Labute approximate surface area is 87.9 Å². The van der Waals surface area contributed by atoms with Gasteiger partial charge in [-0.2, -0.15) is 0 Å². The zero-order valence-corrected chi connectivity index (χ0v) is 8.50. The van der Waals surface area contributed by atoms with Crippen LogP contribution < -0.4 is 0 Å². The van der Waals surface area contributed by atoms with E-state index in [1.807, 2.05) is 4.90 Å². The SMILES string of the molecule is Fc1cccnc1CN1CCC(F)CC1. The first-order chi connectivity index (χ1) is 7.25. The lowest BCUT2D eigenvalue weighted by molar-refractivity contribution is 0.143. The molecule has 1 aliphatic rings. The van der Waals surface area contributed by atoms with Crippen LogP contribution in [0.5, 0.6) is 0 Å². The molecule has 0 saturated carbocycles. The predicted molar refractivity (Wildman–Crippen MR) is 53.6 cm³/mol. The third-order valence-corrected chi connectivity index (χ3v) is 2.73. The molecule has 0 spiro atoms. The molecule has 1 aliphatic heterocycles. The Morgan fingerprint density at radius 2 is 2.13 bits per heavy atom. The normalized spacial score (nSPS) is 19.3. The van der Waals surface area contributed by atoms with Gasteiger partial charge in [-0.15, -0.1) is 0 Å². The number of rotatable bonds is 2. The molecule has 0 amide bonds. The van der Waals surface area contributed by atoms with Crippen molar-refractivity contribution in [2.45, 2.75) is 25.6 Å². The van der Waals surface area contributed by atoms with Crippen molar-refractivity contribution in [3.8, 4) is 0 Å². The van der Waals surface area contributed by atoms with E-state index >= 15 is 0 Å². The summed E-state index contributed by atoms with van der Waals surface area (Å²) in [7, 11) is 0. The van der Waals surface area contributed by atoms with Gasteiger partial charge in [0.15, 0.2) is 0 Å². The third kappa shape index (κ3) is 2.72. The molecule has 1 aromatic heterocycles. The summed E-state index contributed by atoms with van der Waals surface area (Å²) in [6.07, 6.45) is 2.00.